The van der Waals surface area contributed by atoms with Gasteiger partial charge in [-0.05, 0) is 18.2 Å². The highest BCUT2D eigenvalue weighted by Gasteiger charge is 2.38. The second kappa shape index (κ2) is 11.7. The van der Waals surface area contributed by atoms with E-state index in [0.29, 0.717) is 43.0 Å². The number of sulfonamides is 1. The molecule has 17 heteroatoms. The largest absolute Gasteiger partial charge is 0.490 e. The Morgan fingerprint density at radius 1 is 1.11 bits per heavy atom. The predicted molar refractivity (Wildman–Crippen MR) is 124 cm³/mol. The van der Waals surface area contributed by atoms with E-state index in [0.717, 1.165) is 11.7 Å². The average molecular weight is 565 g/mol. The van der Waals surface area contributed by atoms with Gasteiger partial charge in [0.15, 0.2) is 0 Å². The van der Waals surface area contributed by atoms with E-state index in [1.165, 1.54) is 24.4 Å². The predicted octanol–water partition coefficient (Wildman–Crippen LogP) is 1.88. The maximum absolute atomic E-state index is 13.4. The van der Waals surface area contributed by atoms with Crippen molar-refractivity contribution in [1.82, 2.24) is 23.4 Å². The Morgan fingerprint density at radius 3 is 2.41 bits per heavy atom. The molecule has 11 nitrogen and oxygen atoms in total. The normalized spacial score (nSPS) is 14.3. The van der Waals surface area contributed by atoms with Crippen molar-refractivity contribution in [2.45, 2.75) is 17.5 Å². The van der Waals surface area contributed by atoms with Crippen LogP contribution in [0.1, 0.15) is 6.42 Å². The molecule has 0 saturated carbocycles. The summed E-state index contributed by atoms with van der Waals surface area (Å²) in [7, 11) is -3.80. The summed E-state index contributed by atoms with van der Waals surface area (Å²) in [5.41, 5.74) is 0.841. The van der Waals surface area contributed by atoms with Gasteiger partial charge in [0.05, 0.1) is 11.7 Å². The average Bonchev–Trinajstić information content (AvgIpc) is 3.33. The maximum atomic E-state index is 13.4. The van der Waals surface area contributed by atoms with Gasteiger partial charge in [-0.1, -0.05) is 6.07 Å². The van der Waals surface area contributed by atoms with Crippen molar-refractivity contribution in [2.24, 2.45) is 0 Å². The first-order chi connectivity index (χ1) is 17.4. The number of carboxylic acid groups (broad SMARTS) is 1. The Hall–Kier alpha value is -3.44. The molecule has 1 aliphatic heterocycles. The molecule has 200 valence electrons. The summed E-state index contributed by atoms with van der Waals surface area (Å²) in [4.78, 5) is 29.2. The van der Waals surface area contributed by atoms with Crippen molar-refractivity contribution >= 4 is 50.5 Å². The quantitative estimate of drug-likeness (QED) is 0.429. The number of nitrogens with one attached hydrogen (secondary N) is 1. The van der Waals surface area contributed by atoms with Crippen LogP contribution < -0.4 is 9.62 Å². The van der Waals surface area contributed by atoms with Crippen molar-refractivity contribution in [2.75, 3.05) is 37.6 Å². The van der Waals surface area contributed by atoms with E-state index in [4.69, 9.17) is 9.90 Å². The van der Waals surface area contributed by atoms with Gasteiger partial charge in [-0.15, -0.1) is 0 Å². The van der Waals surface area contributed by atoms with Crippen LogP contribution in [0, 0.1) is 5.82 Å². The first-order valence-corrected chi connectivity index (χ1v) is 12.7. The van der Waals surface area contributed by atoms with Crippen molar-refractivity contribution in [3.05, 3.63) is 42.3 Å². The van der Waals surface area contributed by atoms with Gasteiger partial charge in [-0.2, -0.15) is 21.9 Å². The van der Waals surface area contributed by atoms with Crippen LogP contribution in [0.5, 0.6) is 0 Å². The second-order valence-corrected chi connectivity index (χ2v) is 9.80. The number of fused-ring (bicyclic) bond motifs is 1. The van der Waals surface area contributed by atoms with Gasteiger partial charge in [0.25, 0.3) is 0 Å². The molecule has 0 radical (unpaired) electrons. The van der Waals surface area contributed by atoms with Crippen LogP contribution in [-0.4, -0.2) is 82.9 Å². The highest BCUT2D eigenvalue weighted by atomic mass is 32.2. The number of rotatable bonds is 6. The Morgan fingerprint density at radius 2 is 1.78 bits per heavy atom. The lowest BCUT2D eigenvalue weighted by Gasteiger charge is -2.35. The molecule has 0 spiro atoms. The molecular formula is C20H20F4N6O5S2. The summed E-state index contributed by atoms with van der Waals surface area (Å²) in [6, 6.07) is 7.42. The van der Waals surface area contributed by atoms with Crippen LogP contribution in [0.15, 0.2) is 41.4 Å². The highest BCUT2D eigenvalue weighted by molar-refractivity contribution is 7.89. The molecule has 0 unspecified atom stereocenters. The minimum atomic E-state index is -5.08. The number of halogens is 4. The van der Waals surface area contributed by atoms with Crippen LogP contribution in [0.2, 0.25) is 0 Å². The summed E-state index contributed by atoms with van der Waals surface area (Å²) in [6.07, 6.45) is -3.63. The van der Waals surface area contributed by atoms with E-state index in [9.17, 15) is 30.8 Å². The van der Waals surface area contributed by atoms with Gasteiger partial charge >= 0.3 is 12.1 Å². The van der Waals surface area contributed by atoms with Gasteiger partial charge in [0, 0.05) is 51.4 Å². The van der Waals surface area contributed by atoms with E-state index >= 15 is 0 Å². The molecule has 0 atom stereocenters. The molecule has 2 N–H and O–H groups in total. The molecule has 37 heavy (non-hydrogen) atoms. The number of carboxylic acids is 1. The smallest absolute Gasteiger partial charge is 0.475 e. The number of nitrogens with zero attached hydrogens (tertiary/aromatic N) is 5. The molecular weight excluding hydrogens is 544 g/mol. The van der Waals surface area contributed by atoms with Crippen molar-refractivity contribution in [3.8, 4) is 0 Å². The summed E-state index contributed by atoms with van der Waals surface area (Å²) >= 11 is 0.948. The van der Waals surface area contributed by atoms with Gasteiger partial charge < -0.3 is 14.9 Å². The number of hydrogen-bond donors (Lipinski definition) is 2. The molecule has 4 rings (SSSR count). The highest BCUT2D eigenvalue weighted by Crippen LogP contribution is 2.21. The van der Waals surface area contributed by atoms with Crippen LogP contribution in [-0.2, 0) is 19.6 Å². The third-order valence-electron chi connectivity index (χ3n) is 5.08. The van der Waals surface area contributed by atoms with Crippen molar-refractivity contribution in [3.63, 3.8) is 0 Å². The lowest BCUT2D eigenvalue weighted by atomic mass is 10.2. The summed E-state index contributed by atoms with van der Waals surface area (Å²) in [5.74, 6) is -2.71. The third-order valence-corrected chi connectivity index (χ3v) is 7.11. The number of amides is 1. The molecule has 0 aliphatic carbocycles. The number of aliphatic carboxylic acids is 1. The topological polar surface area (TPSA) is 146 Å². The molecule has 3 aromatic rings. The number of carbonyl (C=O) groups excluding carboxylic acids is 1. The SMILES string of the molecule is O=C(CCNS(=O)(=O)c1cccc2nsnc12)N1CCN(c2cc(F)ccn2)CC1.O=C(O)C(F)(F)F. The molecule has 1 aromatic carbocycles. The molecule has 3 heterocycles. The second-order valence-electron chi connectivity index (χ2n) is 7.54. The summed E-state index contributed by atoms with van der Waals surface area (Å²) in [5, 5.41) is 7.12. The number of carbonyl (C=O) groups is 2. The Balaban J connectivity index is 0.000000479. The number of hydrogen-bond acceptors (Lipinski definition) is 9. The van der Waals surface area contributed by atoms with Crippen LogP contribution in [0.25, 0.3) is 11.0 Å². The maximum Gasteiger partial charge on any atom is 0.490 e. The zero-order chi connectivity index (χ0) is 27.2. The lowest BCUT2D eigenvalue weighted by Crippen LogP contribution is -2.49. The van der Waals surface area contributed by atoms with E-state index < -0.39 is 22.2 Å². The van der Waals surface area contributed by atoms with Gasteiger partial charge in [0.1, 0.15) is 27.6 Å². The van der Waals surface area contributed by atoms with Gasteiger partial charge in [0.2, 0.25) is 15.9 Å². The van der Waals surface area contributed by atoms with E-state index in [2.05, 4.69) is 18.5 Å². The van der Waals surface area contributed by atoms with E-state index in [1.54, 1.807) is 17.0 Å². The van der Waals surface area contributed by atoms with E-state index in [-0.39, 0.29) is 29.6 Å². The minimum Gasteiger partial charge on any atom is -0.475 e. The Labute approximate surface area is 212 Å². The first-order valence-electron chi connectivity index (χ1n) is 10.5. The molecule has 1 saturated heterocycles. The van der Waals surface area contributed by atoms with Crippen molar-refractivity contribution < 1.29 is 40.7 Å². The van der Waals surface area contributed by atoms with E-state index in [1.807, 2.05) is 4.90 Å². The number of piperazine rings is 1. The Kier molecular flexibility index (Phi) is 8.93. The molecule has 1 fully saturated rings. The number of anilines is 1. The first kappa shape index (κ1) is 28.1. The van der Waals surface area contributed by atoms with Gasteiger partial charge in [-0.25, -0.2) is 27.3 Å². The molecule has 1 aliphatic rings. The lowest BCUT2D eigenvalue weighted by molar-refractivity contribution is -0.192. The zero-order valence-corrected chi connectivity index (χ0v) is 20.5. The minimum absolute atomic E-state index is 0.0131. The number of pyridine rings is 1. The monoisotopic (exact) mass is 564 g/mol. The van der Waals surface area contributed by atoms with Crippen LogP contribution >= 0.6 is 11.7 Å². The number of benzene rings is 1. The molecule has 0 bridgehead atoms. The molecule has 1 amide bonds. The fourth-order valence-corrected chi connectivity index (χ4v) is 5.07. The Bertz CT molecular complexity index is 1360. The molecule has 2 aromatic heterocycles. The number of alkyl halides is 3. The summed E-state index contributed by atoms with van der Waals surface area (Å²) < 4.78 is 80.8. The van der Waals surface area contributed by atoms with Crippen LogP contribution in [0.4, 0.5) is 23.4 Å². The fraction of sp³-hybridized carbons (Fsp3) is 0.350. The van der Waals surface area contributed by atoms with Crippen LogP contribution in [0.3, 0.4) is 0 Å². The third kappa shape index (κ3) is 7.53. The summed E-state index contributed by atoms with van der Waals surface area (Å²) in [6.45, 7) is 1.99. The number of aromatic nitrogens is 3. The van der Waals surface area contributed by atoms with Crippen molar-refractivity contribution in [1.29, 1.82) is 0 Å². The zero-order valence-electron chi connectivity index (χ0n) is 18.9. The standard InChI is InChI=1S/C18H19FN6O3S2.C2HF3O2/c19-13-4-6-20-16(12-13)24-8-10-25(11-9-24)17(26)5-7-21-30(27,28)15-3-1-2-14-18(15)23-29-22-14;3-2(4,5)1(6)7/h1-4,6,12,21H,5,7-11H2;(H,6,7). The fourth-order valence-electron chi connectivity index (χ4n) is 3.28. The van der Waals surface area contributed by atoms with Gasteiger partial charge in [-0.3, -0.25) is 4.79 Å².